The number of thiophene rings is 1. The largest absolute Gasteiger partial charge is 0.301 e. The Hall–Kier alpha value is -4.87. The van der Waals surface area contributed by atoms with Gasteiger partial charge in [0.2, 0.25) is 5.78 Å². The third-order valence-corrected chi connectivity index (χ3v) is 8.80. The third-order valence-electron chi connectivity index (χ3n) is 7.65. The Labute approximate surface area is 221 Å². The number of hydrogen-bond acceptors (Lipinski definition) is 2. The second kappa shape index (κ2) is 7.34. The van der Waals surface area contributed by atoms with Crippen LogP contribution in [0, 0.1) is 0 Å². The van der Waals surface area contributed by atoms with E-state index in [1.165, 1.54) is 31.2 Å². The van der Waals surface area contributed by atoms with Crippen LogP contribution in [0.3, 0.4) is 0 Å². The average Bonchev–Trinajstić information content (AvgIpc) is 3.69. The number of benzene rings is 5. The molecular weight excluding hydrogens is 484 g/mol. The highest BCUT2D eigenvalue weighted by atomic mass is 32.1. The fourth-order valence-corrected chi connectivity index (χ4v) is 7.32. The number of fused-ring (bicyclic) bond motifs is 10. The summed E-state index contributed by atoms with van der Waals surface area (Å²) in [5.74, 6) is 0.925. The Morgan fingerprint density at radius 3 is 2.05 bits per heavy atom. The quantitative estimate of drug-likeness (QED) is 0.231. The number of nitrogens with zero attached hydrogens (tertiary/aromatic N) is 4. The van der Waals surface area contributed by atoms with Crippen LogP contribution in [0.4, 0.5) is 0 Å². The van der Waals surface area contributed by atoms with Crippen molar-refractivity contribution >= 4 is 70.4 Å². The first-order chi connectivity index (χ1) is 18.9. The summed E-state index contributed by atoms with van der Waals surface area (Å²) in [4.78, 5) is 6.35. The summed E-state index contributed by atoms with van der Waals surface area (Å²) < 4.78 is 8.29. The number of hydrogen-bond donors (Lipinski definition) is 0. The number of aromatic nitrogens is 4. The molecule has 0 spiro atoms. The molecule has 0 amide bonds. The molecule has 5 heteroatoms. The minimum absolute atomic E-state index is 0.925. The van der Waals surface area contributed by atoms with E-state index in [0.717, 1.165) is 39.2 Å². The van der Waals surface area contributed by atoms with Crippen LogP contribution in [0.15, 0.2) is 121 Å². The second-order valence-corrected chi connectivity index (χ2v) is 10.7. The molecular formula is C33H20N4S. The van der Waals surface area contributed by atoms with Crippen molar-refractivity contribution in [3.63, 3.8) is 0 Å². The molecule has 0 fully saturated rings. The van der Waals surface area contributed by atoms with Gasteiger partial charge in [-0.15, -0.1) is 11.3 Å². The van der Waals surface area contributed by atoms with Gasteiger partial charge in [0.1, 0.15) is 4.83 Å². The standard InChI is InChI=1S/C33H20N4S/c1-4-15-26-23(12-1)31-24-13-2-8-19-30(24)38-32(31)35(26)21-10-9-11-22(20-21)36-28-17-6-7-18-29(28)37-27-16-5-3-14-25(27)34-33(36)37/h1-20H. The lowest BCUT2D eigenvalue weighted by atomic mass is 10.1. The third kappa shape index (κ3) is 2.56. The van der Waals surface area contributed by atoms with Crippen molar-refractivity contribution < 1.29 is 0 Å². The summed E-state index contributed by atoms with van der Waals surface area (Å²) in [5.41, 5.74) is 7.88. The summed E-state index contributed by atoms with van der Waals surface area (Å²) in [6.45, 7) is 0. The highest BCUT2D eigenvalue weighted by molar-refractivity contribution is 7.25. The average molecular weight is 505 g/mol. The molecule has 4 aromatic heterocycles. The monoisotopic (exact) mass is 504 g/mol. The van der Waals surface area contributed by atoms with Gasteiger partial charge in [-0.2, -0.15) is 0 Å². The van der Waals surface area contributed by atoms with E-state index in [4.69, 9.17) is 4.98 Å². The highest BCUT2D eigenvalue weighted by Gasteiger charge is 2.19. The number of imidazole rings is 2. The zero-order valence-corrected chi connectivity index (χ0v) is 21.1. The van der Waals surface area contributed by atoms with Crippen LogP contribution in [0.25, 0.3) is 70.4 Å². The smallest absolute Gasteiger partial charge is 0.220 e. The fourth-order valence-electron chi connectivity index (χ4n) is 6.07. The van der Waals surface area contributed by atoms with Gasteiger partial charge in [-0.1, -0.05) is 66.7 Å². The Morgan fingerprint density at radius 1 is 0.526 bits per heavy atom. The Bertz CT molecular complexity index is 2200. The van der Waals surface area contributed by atoms with Crippen molar-refractivity contribution in [1.29, 1.82) is 0 Å². The molecule has 4 heterocycles. The second-order valence-electron chi connectivity index (χ2n) is 9.71. The molecule has 0 aliphatic rings. The topological polar surface area (TPSA) is 27.2 Å². The molecule has 0 aliphatic heterocycles. The van der Waals surface area contributed by atoms with E-state index in [0.29, 0.717) is 0 Å². The highest BCUT2D eigenvalue weighted by Crippen LogP contribution is 2.42. The molecule has 0 saturated heterocycles. The normalized spacial score (nSPS) is 12.2. The predicted octanol–water partition coefficient (Wildman–Crippen LogP) is 8.74. The molecule has 9 aromatic rings. The van der Waals surface area contributed by atoms with Gasteiger partial charge in [0.15, 0.2) is 0 Å². The van der Waals surface area contributed by atoms with Crippen LogP contribution in [-0.2, 0) is 0 Å². The van der Waals surface area contributed by atoms with E-state index in [-0.39, 0.29) is 0 Å². The lowest BCUT2D eigenvalue weighted by molar-refractivity contribution is 1.09. The van der Waals surface area contributed by atoms with Gasteiger partial charge in [0.25, 0.3) is 0 Å². The minimum Gasteiger partial charge on any atom is -0.301 e. The van der Waals surface area contributed by atoms with Crippen LogP contribution in [-0.4, -0.2) is 18.5 Å². The first kappa shape index (κ1) is 20.2. The first-order valence-corrected chi connectivity index (χ1v) is 13.6. The molecule has 0 N–H and O–H groups in total. The predicted molar refractivity (Wildman–Crippen MR) is 159 cm³/mol. The molecule has 0 atom stereocenters. The molecule has 4 nitrogen and oxygen atoms in total. The van der Waals surface area contributed by atoms with Crippen molar-refractivity contribution in [1.82, 2.24) is 18.5 Å². The summed E-state index contributed by atoms with van der Waals surface area (Å²) >= 11 is 1.86. The van der Waals surface area contributed by atoms with Crippen molar-refractivity contribution in [2.75, 3.05) is 0 Å². The minimum atomic E-state index is 0.925. The number of para-hydroxylation sites is 5. The molecule has 0 unspecified atom stereocenters. The molecule has 38 heavy (non-hydrogen) atoms. The van der Waals surface area contributed by atoms with E-state index in [2.05, 4.69) is 135 Å². The van der Waals surface area contributed by atoms with Crippen molar-refractivity contribution in [3.05, 3.63) is 121 Å². The first-order valence-electron chi connectivity index (χ1n) is 12.7. The SMILES string of the molecule is c1cc(-n2c3ccccc3c3c4ccccc4sc32)cc(-n2c3ccccc3n3c4ccccc4nc23)c1. The van der Waals surface area contributed by atoms with Crippen LogP contribution >= 0.6 is 11.3 Å². The fraction of sp³-hybridized carbons (Fsp3) is 0. The van der Waals surface area contributed by atoms with Gasteiger partial charge in [0.05, 0.1) is 33.3 Å². The molecule has 0 bridgehead atoms. The van der Waals surface area contributed by atoms with Crippen molar-refractivity contribution in [2.24, 2.45) is 0 Å². The van der Waals surface area contributed by atoms with Crippen LogP contribution in [0.1, 0.15) is 0 Å². The van der Waals surface area contributed by atoms with E-state index in [1.807, 2.05) is 11.3 Å². The maximum atomic E-state index is 5.07. The zero-order chi connectivity index (χ0) is 24.8. The van der Waals surface area contributed by atoms with Crippen molar-refractivity contribution in [2.45, 2.75) is 0 Å². The van der Waals surface area contributed by atoms with E-state index >= 15 is 0 Å². The molecule has 0 saturated carbocycles. The summed E-state index contributed by atoms with van der Waals surface area (Å²) in [5, 5.41) is 3.94. The van der Waals surface area contributed by atoms with Gasteiger partial charge in [-0.05, 0) is 54.6 Å². The van der Waals surface area contributed by atoms with Gasteiger partial charge >= 0.3 is 0 Å². The molecule has 9 rings (SSSR count). The van der Waals surface area contributed by atoms with E-state index < -0.39 is 0 Å². The number of rotatable bonds is 2. The maximum absolute atomic E-state index is 5.07. The van der Waals surface area contributed by atoms with Gasteiger partial charge in [-0.25, -0.2) is 4.98 Å². The zero-order valence-electron chi connectivity index (χ0n) is 20.2. The van der Waals surface area contributed by atoms with Crippen LogP contribution in [0.5, 0.6) is 0 Å². The Balaban J connectivity index is 1.37. The Morgan fingerprint density at radius 2 is 1.18 bits per heavy atom. The van der Waals surface area contributed by atoms with Crippen molar-refractivity contribution in [3.8, 4) is 11.4 Å². The molecule has 5 aromatic carbocycles. The van der Waals surface area contributed by atoms with Gasteiger partial charge < -0.3 is 4.57 Å². The lowest BCUT2D eigenvalue weighted by Gasteiger charge is -2.11. The maximum Gasteiger partial charge on any atom is 0.220 e. The molecule has 0 aliphatic carbocycles. The summed E-state index contributed by atoms with van der Waals surface area (Å²) in [6, 6.07) is 43.2. The van der Waals surface area contributed by atoms with Crippen LogP contribution < -0.4 is 0 Å². The van der Waals surface area contributed by atoms with Crippen LogP contribution in [0.2, 0.25) is 0 Å². The van der Waals surface area contributed by atoms with Gasteiger partial charge in [-0.3, -0.25) is 8.97 Å². The van der Waals surface area contributed by atoms with E-state index in [1.54, 1.807) is 0 Å². The van der Waals surface area contributed by atoms with E-state index in [9.17, 15) is 0 Å². The lowest BCUT2D eigenvalue weighted by Crippen LogP contribution is -1.98. The molecule has 0 radical (unpaired) electrons. The Kier molecular flexibility index (Phi) is 3.91. The molecule has 178 valence electrons. The summed E-state index contributed by atoms with van der Waals surface area (Å²) in [6.07, 6.45) is 0. The summed E-state index contributed by atoms with van der Waals surface area (Å²) in [7, 11) is 0. The van der Waals surface area contributed by atoms with Gasteiger partial charge in [0, 0.05) is 26.5 Å².